The summed E-state index contributed by atoms with van der Waals surface area (Å²) in [5.74, 6) is 1.04. The minimum absolute atomic E-state index is 0.242. The molecule has 3 aliphatic heterocycles. The molecule has 3 N–H and O–H groups in total. The number of nitrogens with zero attached hydrogens (tertiary/aromatic N) is 4. The molecule has 4 heterocycles. The number of ether oxygens (including phenoxy) is 2. The fraction of sp³-hybridized carbons (Fsp3) is 0.633. The minimum atomic E-state index is -0.551. The number of amides is 1. The predicted octanol–water partition coefficient (Wildman–Crippen LogP) is 3.64. The third-order valence-electron chi connectivity index (χ3n) is 9.00. The van der Waals surface area contributed by atoms with E-state index in [1.165, 1.54) is 38.8 Å². The van der Waals surface area contributed by atoms with Crippen LogP contribution >= 0.6 is 0 Å². The average Bonchev–Trinajstić information content (AvgIpc) is 2.96. The monoisotopic (exact) mass is 536 g/mol. The minimum Gasteiger partial charge on any atom is -0.495 e. The number of piperidine rings is 2. The second-order valence-electron chi connectivity index (χ2n) is 11.5. The molecule has 0 saturated carbocycles. The van der Waals surface area contributed by atoms with Crippen LogP contribution in [0, 0.1) is 5.41 Å². The predicted molar refractivity (Wildman–Crippen MR) is 154 cm³/mol. The second-order valence-corrected chi connectivity index (χ2v) is 11.5. The number of likely N-dealkylation sites (tertiary alicyclic amines) is 1. The molecule has 0 atom stereocenters. The van der Waals surface area contributed by atoms with Crippen molar-refractivity contribution in [3.05, 3.63) is 40.8 Å². The number of primary amides is 1. The molecule has 1 amide bonds. The summed E-state index contributed by atoms with van der Waals surface area (Å²) < 4.78 is 11.4. The van der Waals surface area contributed by atoms with E-state index >= 15 is 0 Å². The van der Waals surface area contributed by atoms with Crippen LogP contribution in [0.2, 0.25) is 0 Å². The molecule has 1 aromatic carbocycles. The van der Waals surface area contributed by atoms with Gasteiger partial charge in [0, 0.05) is 38.8 Å². The SMILES string of the molecule is CCc1nc(C(N)=O)c(Cc2ccc(N3CCC4(CCN(C)CC4)CC3)c(OC)c2)nc1NC1CCOCC1. The Bertz CT molecular complexity index is 1150. The van der Waals surface area contributed by atoms with Gasteiger partial charge in [-0.25, -0.2) is 9.97 Å². The van der Waals surface area contributed by atoms with Crippen molar-refractivity contribution in [3.8, 4) is 5.75 Å². The third-order valence-corrected chi connectivity index (χ3v) is 9.00. The second kappa shape index (κ2) is 12.1. The molecular weight excluding hydrogens is 492 g/mol. The first kappa shape index (κ1) is 27.6. The van der Waals surface area contributed by atoms with Crippen LogP contribution < -0.4 is 20.7 Å². The fourth-order valence-corrected chi connectivity index (χ4v) is 6.32. The summed E-state index contributed by atoms with van der Waals surface area (Å²) in [6.07, 6.45) is 8.03. The molecule has 1 spiro atoms. The average molecular weight is 537 g/mol. The molecule has 2 aromatic rings. The molecule has 212 valence electrons. The molecule has 0 bridgehead atoms. The molecular formula is C30H44N6O3. The highest BCUT2D eigenvalue weighted by molar-refractivity contribution is 5.92. The number of aromatic nitrogens is 2. The molecule has 9 nitrogen and oxygen atoms in total. The Hall–Kier alpha value is -2.91. The van der Waals surface area contributed by atoms with Crippen LogP contribution in [0.1, 0.15) is 72.9 Å². The van der Waals surface area contributed by atoms with Gasteiger partial charge in [0.2, 0.25) is 0 Å². The molecule has 3 saturated heterocycles. The normalized spacial score (nSPS) is 20.2. The molecule has 3 fully saturated rings. The summed E-state index contributed by atoms with van der Waals surface area (Å²) in [6, 6.07) is 6.62. The van der Waals surface area contributed by atoms with Gasteiger partial charge in [-0.2, -0.15) is 0 Å². The van der Waals surface area contributed by atoms with E-state index in [2.05, 4.69) is 45.3 Å². The summed E-state index contributed by atoms with van der Waals surface area (Å²) in [7, 11) is 3.96. The number of aryl methyl sites for hydroxylation is 1. The number of benzene rings is 1. The van der Waals surface area contributed by atoms with Gasteiger partial charge >= 0.3 is 0 Å². The Kier molecular flexibility index (Phi) is 8.57. The van der Waals surface area contributed by atoms with Gasteiger partial charge in [-0.1, -0.05) is 13.0 Å². The number of methoxy groups -OCH3 is 1. The first-order chi connectivity index (χ1) is 18.9. The lowest BCUT2D eigenvalue weighted by atomic mass is 9.71. The quantitative estimate of drug-likeness (QED) is 0.527. The Morgan fingerprint density at radius 3 is 2.44 bits per heavy atom. The highest BCUT2D eigenvalue weighted by atomic mass is 16.5. The van der Waals surface area contributed by atoms with Crippen molar-refractivity contribution in [1.29, 1.82) is 0 Å². The first-order valence-corrected chi connectivity index (χ1v) is 14.5. The lowest BCUT2D eigenvalue weighted by molar-refractivity contribution is 0.0903. The van der Waals surface area contributed by atoms with Crippen molar-refractivity contribution in [2.45, 2.75) is 64.3 Å². The van der Waals surface area contributed by atoms with Gasteiger partial charge < -0.3 is 30.3 Å². The molecule has 0 radical (unpaired) electrons. The first-order valence-electron chi connectivity index (χ1n) is 14.5. The number of hydrogen-bond acceptors (Lipinski definition) is 8. The van der Waals surface area contributed by atoms with Gasteiger partial charge in [-0.05, 0) is 88.2 Å². The van der Waals surface area contributed by atoms with Crippen molar-refractivity contribution in [1.82, 2.24) is 14.9 Å². The zero-order valence-electron chi connectivity index (χ0n) is 23.8. The van der Waals surface area contributed by atoms with Crippen LogP contribution in [-0.2, 0) is 17.6 Å². The van der Waals surface area contributed by atoms with Crippen LogP contribution in [0.4, 0.5) is 11.5 Å². The largest absolute Gasteiger partial charge is 0.495 e. The van der Waals surface area contributed by atoms with Gasteiger partial charge in [0.1, 0.15) is 17.3 Å². The van der Waals surface area contributed by atoms with E-state index in [0.717, 1.165) is 67.7 Å². The van der Waals surface area contributed by atoms with Gasteiger partial charge in [0.25, 0.3) is 5.91 Å². The lowest BCUT2D eigenvalue weighted by Gasteiger charge is -2.47. The molecule has 1 aromatic heterocycles. The van der Waals surface area contributed by atoms with Gasteiger partial charge in [0.05, 0.1) is 24.2 Å². The van der Waals surface area contributed by atoms with Crippen LogP contribution in [0.3, 0.4) is 0 Å². The van der Waals surface area contributed by atoms with Crippen molar-refractivity contribution in [2.75, 3.05) is 63.8 Å². The summed E-state index contributed by atoms with van der Waals surface area (Å²) >= 11 is 0. The Labute approximate surface area is 232 Å². The third kappa shape index (κ3) is 6.30. The number of carbonyl (C=O) groups excluding carboxylic acids is 1. The number of anilines is 2. The van der Waals surface area contributed by atoms with Crippen molar-refractivity contribution in [3.63, 3.8) is 0 Å². The number of rotatable bonds is 8. The molecule has 0 unspecified atom stereocenters. The van der Waals surface area contributed by atoms with Gasteiger partial charge in [-0.3, -0.25) is 4.79 Å². The lowest BCUT2D eigenvalue weighted by Crippen LogP contribution is -2.46. The fourth-order valence-electron chi connectivity index (χ4n) is 6.32. The van der Waals surface area contributed by atoms with Crippen molar-refractivity contribution < 1.29 is 14.3 Å². The number of hydrogen-bond donors (Lipinski definition) is 2. The molecule has 39 heavy (non-hydrogen) atoms. The van der Waals surface area contributed by atoms with Crippen LogP contribution in [0.25, 0.3) is 0 Å². The van der Waals surface area contributed by atoms with E-state index < -0.39 is 5.91 Å². The van der Waals surface area contributed by atoms with Crippen LogP contribution in [0.5, 0.6) is 5.75 Å². The standard InChI is InChI=1S/C30H44N6O3/c1-4-23-29(32-22-7-17-39-18-8-22)34-24(27(33-23)28(31)37)19-21-5-6-25(26(20-21)38-3)36-15-11-30(12-16-36)9-13-35(2)14-10-30/h5-6,20,22H,4,7-19H2,1-3H3,(H2,31,37)(H,32,34). The Balaban J connectivity index is 1.34. The zero-order chi connectivity index (χ0) is 27.4. The number of carbonyl (C=O) groups is 1. The summed E-state index contributed by atoms with van der Waals surface area (Å²) in [5.41, 5.74) is 10.00. The number of nitrogens with one attached hydrogen (secondary N) is 1. The van der Waals surface area contributed by atoms with E-state index in [4.69, 9.17) is 20.2 Å². The smallest absolute Gasteiger partial charge is 0.269 e. The van der Waals surface area contributed by atoms with E-state index in [0.29, 0.717) is 24.0 Å². The molecule has 5 rings (SSSR count). The summed E-state index contributed by atoms with van der Waals surface area (Å²) in [5, 5.41) is 3.55. The van der Waals surface area contributed by atoms with E-state index in [1.54, 1.807) is 7.11 Å². The van der Waals surface area contributed by atoms with E-state index in [-0.39, 0.29) is 11.7 Å². The number of nitrogens with two attached hydrogens (primary N) is 1. The maximum atomic E-state index is 12.4. The highest BCUT2D eigenvalue weighted by Gasteiger charge is 2.37. The topological polar surface area (TPSA) is 106 Å². The van der Waals surface area contributed by atoms with Crippen molar-refractivity contribution >= 4 is 17.4 Å². The molecule has 9 heteroatoms. The zero-order valence-corrected chi connectivity index (χ0v) is 23.8. The Morgan fingerprint density at radius 2 is 1.79 bits per heavy atom. The maximum absolute atomic E-state index is 12.4. The van der Waals surface area contributed by atoms with E-state index in [9.17, 15) is 4.79 Å². The van der Waals surface area contributed by atoms with Crippen molar-refractivity contribution in [2.24, 2.45) is 11.1 Å². The summed E-state index contributed by atoms with van der Waals surface area (Å²) in [4.78, 5) is 26.8. The van der Waals surface area contributed by atoms with E-state index in [1.807, 2.05) is 6.92 Å². The van der Waals surface area contributed by atoms with Crippen LogP contribution in [-0.4, -0.2) is 80.4 Å². The van der Waals surface area contributed by atoms with Crippen LogP contribution in [0.15, 0.2) is 18.2 Å². The van der Waals surface area contributed by atoms with Gasteiger partial charge in [0.15, 0.2) is 0 Å². The Morgan fingerprint density at radius 1 is 1.10 bits per heavy atom. The maximum Gasteiger partial charge on any atom is 0.269 e. The summed E-state index contributed by atoms with van der Waals surface area (Å²) in [6.45, 7) is 8.01. The highest BCUT2D eigenvalue weighted by Crippen LogP contribution is 2.43. The van der Waals surface area contributed by atoms with Gasteiger partial charge in [-0.15, -0.1) is 0 Å². The molecule has 3 aliphatic rings. The molecule has 0 aliphatic carbocycles.